The number of aliphatic hydroxyl groups is 1. The van der Waals surface area contributed by atoms with E-state index in [-0.39, 0.29) is 13.2 Å². The zero-order valence-corrected chi connectivity index (χ0v) is 13.0. The molecule has 24 heavy (non-hydrogen) atoms. The van der Waals surface area contributed by atoms with Gasteiger partial charge in [0.05, 0.1) is 13.2 Å². The second-order valence-electron chi connectivity index (χ2n) is 5.19. The molecule has 126 valence electrons. The number of amides is 1. The van der Waals surface area contributed by atoms with Crippen molar-refractivity contribution in [3.05, 3.63) is 71.8 Å². The van der Waals surface area contributed by atoms with Crippen LogP contribution in [0.25, 0.3) is 0 Å². The van der Waals surface area contributed by atoms with Crippen LogP contribution in [0.1, 0.15) is 11.1 Å². The highest BCUT2D eigenvalue weighted by molar-refractivity contribution is 5.80. The van der Waals surface area contributed by atoms with Crippen LogP contribution in [0.15, 0.2) is 60.7 Å². The normalized spacial score (nSPS) is 11.5. The molecule has 0 saturated heterocycles. The molecule has 0 radical (unpaired) electrons. The molecule has 2 N–H and O–H groups in total. The first kappa shape index (κ1) is 17.5. The number of aliphatic carboxylic acids is 1. The summed E-state index contributed by atoms with van der Waals surface area (Å²) in [6, 6.07) is 16.7. The number of rotatable bonds is 7. The highest BCUT2D eigenvalue weighted by Crippen LogP contribution is 2.12. The summed E-state index contributed by atoms with van der Waals surface area (Å²) in [6.07, 6.45) is -0.788. The molecule has 6 nitrogen and oxygen atoms in total. The van der Waals surface area contributed by atoms with Crippen LogP contribution in [0.2, 0.25) is 0 Å². The van der Waals surface area contributed by atoms with Gasteiger partial charge in [-0.2, -0.15) is 0 Å². The van der Waals surface area contributed by atoms with Crippen molar-refractivity contribution >= 4 is 12.1 Å². The second kappa shape index (κ2) is 8.69. The molecule has 2 aromatic rings. The Balaban J connectivity index is 2.11. The maximum atomic E-state index is 12.4. The van der Waals surface area contributed by atoms with E-state index in [2.05, 4.69) is 0 Å². The molecule has 0 spiro atoms. The fourth-order valence-electron chi connectivity index (χ4n) is 2.19. The number of carboxylic acid groups (broad SMARTS) is 1. The molecule has 0 aliphatic carbocycles. The number of carbonyl (C=O) groups is 2. The molecule has 0 saturated carbocycles. The molecule has 0 aliphatic rings. The molecule has 0 bridgehead atoms. The third kappa shape index (κ3) is 4.82. The first-order valence-corrected chi connectivity index (χ1v) is 7.46. The predicted molar refractivity (Wildman–Crippen MR) is 87.1 cm³/mol. The van der Waals surface area contributed by atoms with Crippen LogP contribution in [0.3, 0.4) is 0 Å². The summed E-state index contributed by atoms with van der Waals surface area (Å²) in [4.78, 5) is 24.7. The average molecular weight is 329 g/mol. The van der Waals surface area contributed by atoms with Crippen LogP contribution in [0.5, 0.6) is 0 Å². The van der Waals surface area contributed by atoms with Crippen LogP contribution in [0, 0.1) is 0 Å². The van der Waals surface area contributed by atoms with Gasteiger partial charge in [-0.1, -0.05) is 60.7 Å². The molecule has 0 aliphatic heterocycles. The molecule has 1 unspecified atom stereocenters. The average Bonchev–Trinajstić information content (AvgIpc) is 2.61. The van der Waals surface area contributed by atoms with Gasteiger partial charge in [-0.15, -0.1) is 0 Å². The number of benzene rings is 2. The van der Waals surface area contributed by atoms with Gasteiger partial charge in [-0.25, -0.2) is 9.59 Å². The predicted octanol–water partition coefficient (Wildman–Crippen LogP) is 2.27. The Bertz CT molecular complexity index is 660. The SMILES string of the molecule is O=C(O)C(CO)N(Cc1ccccc1)C(=O)OCc1ccccc1. The number of ether oxygens (including phenoxy) is 1. The van der Waals surface area contributed by atoms with E-state index in [0.717, 1.165) is 16.0 Å². The van der Waals surface area contributed by atoms with Gasteiger partial charge in [0.2, 0.25) is 0 Å². The van der Waals surface area contributed by atoms with E-state index in [4.69, 9.17) is 4.74 Å². The lowest BCUT2D eigenvalue weighted by atomic mass is 10.2. The van der Waals surface area contributed by atoms with Crippen molar-refractivity contribution in [2.45, 2.75) is 19.2 Å². The summed E-state index contributed by atoms with van der Waals surface area (Å²) in [5.41, 5.74) is 1.54. The van der Waals surface area contributed by atoms with Gasteiger partial charge in [-0.05, 0) is 11.1 Å². The Hall–Kier alpha value is -2.86. The van der Waals surface area contributed by atoms with Crippen LogP contribution in [-0.4, -0.2) is 39.8 Å². The van der Waals surface area contributed by atoms with Gasteiger partial charge in [0, 0.05) is 0 Å². The minimum atomic E-state index is -1.37. The van der Waals surface area contributed by atoms with Crippen molar-refractivity contribution in [2.75, 3.05) is 6.61 Å². The van der Waals surface area contributed by atoms with Crippen molar-refractivity contribution in [3.8, 4) is 0 Å². The lowest BCUT2D eigenvalue weighted by Crippen LogP contribution is -2.47. The number of carbonyl (C=O) groups excluding carboxylic acids is 1. The molecule has 2 rings (SSSR count). The smallest absolute Gasteiger partial charge is 0.411 e. The number of nitrogens with zero attached hydrogens (tertiary/aromatic N) is 1. The molecule has 0 heterocycles. The van der Waals surface area contributed by atoms with E-state index in [1.54, 1.807) is 36.4 Å². The van der Waals surface area contributed by atoms with Crippen LogP contribution in [0.4, 0.5) is 4.79 Å². The Morgan fingerprint density at radius 1 is 0.958 bits per heavy atom. The summed E-state index contributed by atoms with van der Waals surface area (Å²) in [5, 5.41) is 18.6. The fraction of sp³-hybridized carbons (Fsp3) is 0.222. The maximum absolute atomic E-state index is 12.4. The van der Waals surface area contributed by atoms with Gasteiger partial charge >= 0.3 is 12.1 Å². The van der Waals surface area contributed by atoms with Crippen molar-refractivity contribution < 1.29 is 24.5 Å². The fourth-order valence-corrected chi connectivity index (χ4v) is 2.19. The largest absolute Gasteiger partial charge is 0.480 e. The monoisotopic (exact) mass is 329 g/mol. The Morgan fingerprint density at radius 2 is 1.50 bits per heavy atom. The second-order valence-corrected chi connectivity index (χ2v) is 5.19. The summed E-state index contributed by atoms with van der Waals surface area (Å²) in [7, 11) is 0. The standard InChI is InChI=1S/C18H19NO5/c20-12-16(17(21)22)19(11-14-7-3-1-4-8-14)18(23)24-13-15-9-5-2-6-10-15/h1-10,16,20H,11-13H2,(H,21,22). The minimum absolute atomic E-state index is 0.0305. The topological polar surface area (TPSA) is 87.1 Å². The number of carboxylic acids is 1. The number of hydrogen-bond donors (Lipinski definition) is 2. The highest BCUT2D eigenvalue weighted by Gasteiger charge is 2.30. The first-order chi connectivity index (χ1) is 11.6. The van der Waals surface area contributed by atoms with Crippen molar-refractivity contribution in [1.82, 2.24) is 4.90 Å². The molecule has 2 aromatic carbocycles. The first-order valence-electron chi connectivity index (χ1n) is 7.46. The van der Waals surface area contributed by atoms with Crippen LogP contribution in [-0.2, 0) is 22.7 Å². The number of aliphatic hydroxyl groups excluding tert-OH is 1. The third-order valence-corrected chi connectivity index (χ3v) is 3.47. The number of hydrogen-bond acceptors (Lipinski definition) is 4. The van der Waals surface area contributed by atoms with Gasteiger partial charge in [-0.3, -0.25) is 4.90 Å². The molecule has 6 heteroatoms. The molecule has 1 atom stereocenters. The van der Waals surface area contributed by atoms with Crippen molar-refractivity contribution in [3.63, 3.8) is 0 Å². The van der Waals surface area contributed by atoms with Crippen molar-refractivity contribution in [1.29, 1.82) is 0 Å². The Labute approximate surface area is 139 Å². The van der Waals surface area contributed by atoms with E-state index in [1.807, 2.05) is 24.3 Å². The molecule has 0 aromatic heterocycles. The lowest BCUT2D eigenvalue weighted by Gasteiger charge is -2.27. The van der Waals surface area contributed by atoms with Crippen molar-refractivity contribution in [2.24, 2.45) is 0 Å². The molecule has 0 fully saturated rings. The Kier molecular flexibility index (Phi) is 6.33. The van der Waals surface area contributed by atoms with Gasteiger partial charge in [0.1, 0.15) is 6.61 Å². The van der Waals surface area contributed by atoms with Gasteiger partial charge in [0.15, 0.2) is 6.04 Å². The summed E-state index contributed by atoms with van der Waals surface area (Å²) in [5.74, 6) is -1.29. The maximum Gasteiger partial charge on any atom is 0.411 e. The minimum Gasteiger partial charge on any atom is -0.480 e. The van der Waals surface area contributed by atoms with Crippen LogP contribution >= 0.6 is 0 Å². The highest BCUT2D eigenvalue weighted by atomic mass is 16.6. The Morgan fingerprint density at radius 3 is 2.00 bits per heavy atom. The van der Waals surface area contributed by atoms with E-state index >= 15 is 0 Å². The van der Waals surface area contributed by atoms with E-state index < -0.39 is 24.7 Å². The van der Waals surface area contributed by atoms with E-state index in [1.165, 1.54) is 0 Å². The van der Waals surface area contributed by atoms with Gasteiger partial charge in [0.25, 0.3) is 0 Å². The summed E-state index contributed by atoms with van der Waals surface area (Å²) >= 11 is 0. The quantitative estimate of drug-likeness (QED) is 0.814. The lowest BCUT2D eigenvalue weighted by molar-refractivity contribution is -0.144. The van der Waals surface area contributed by atoms with E-state index in [9.17, 15) is 19.8 Å². The zero-order valence-electron chi connectivity index (χ0n) is 13.0. The zero-order chi connectivity index (χ0) is 17.4. The molecule has 1 amide bonds. The van der Waals surface area contributed by atoms with E-state index in [0.29, 0.717) is 0 Å². The summed E-state index contributed by atoms with van der Waals surface area (Å²) < 4.78 is 5.21. The van der Waals surface area contributed by atoms with Gasteiger partial charge < -0.3 is 14.9 Å². The summed E-state index contributed by atoms with van der Waals surface area (Å²) in [6.45, 7) is -0.628. The molecular weight excluding hydrogens is 310 g/mol. The molecular formula is C18H19NO5. The third-order valence-electron chi connectivity index (χ3n) is 3.47. The van der Waals surface area contributed by atoms with Crippen LogP contribution < -0.4 is 0 Å².